The fourth-order valence-electron chi connectivity index (χ4n) is 1.85. The van der Waals surface area contributed by atoms with Crippen LogP contribution in [0.4, 0.5) is 0 Å². The van der Waals surface area contributed by atoms with Gasteiger partial charge in [0.15, 0.2) is 0 Å². The molecule has 4 heteroatoms. The molecule has 0 radical (unpaired) electrons. The highest BCUT2D eigenvalue weighted by molar-refractivity contribution is 5.81. The summed E-state index contributed by atoms with van der Waals surface area (Å²) in [5.74, 6) is -0.985. The van der Waals surface area contributed by atoms with Gasteiger partial charge in [-0.1, -0.05) is 44.6 Å². The Balaban J connectivity index is 3.13. The van der Waals surface area contributed by atoms with Crippen molar-refractivity contribution in [3.8, 4) is 0 Å². The van der Waals surface area contributed by atoms with Crippen LogP contribution in [-0.4, -0.2) is 24.2 Å². The summed E-state index contributed by atoms with van der Waals surface area (Å²) in [6, 6.07) is 0. The predicted molar refractivity (Wildman–Crippen MR) is 75.0 cm³/mol. The number of ether oxygens (including phenoxy) is 1. The van der Waals surface area contributed by atoms with Gasteiger partial charge in [-0.15, -0.1) is 0 Å². The van der Waals surface area contributed by atoms with Crippen molar-refractivity contribution in [2.45, 2.75) is 64.2 Å². The van der Waals surface area contributed by atoms with E-state index in [1.165, 1.54) is 38.9 Å². The number of methoxy groups -OCH3 is 1. The maximum absolute atomic E-state index is 10.8. The molecule has 0 aromatic carbocycles. The number of carboxylic acids is 1. The van der Waals surface area contributed by atoms with Crippen LogP contribution >= 0.6 is 0 Å². The topological polar surface area (TPSA) is 63.6 Å². The van der Waals surface area contributed by atoms with Crippen LogP contribution in [0.3, 0.4) is 0 Å². The number of allylic oxidation sites excluding steroid dienone is 1. The summed E-state index contributed by atoms with van der Waals surface area (Å²) < 4.78 is 4.49. The van der Waals surface area contributed by atoms with Gasteiger partial charge in [0.2, 0.25) is 0 Å². The van der Waals surface area contributed by atoms with Gasteiger partial charge >= 0.3 is 11.9 Å². The van der Waals surface area contributed by atoms with E-state index in [-0.39, 0.29) is 5.97 Å². The van der Waals surface area contributed by atoms with Gasteiger partial charge in [-0.25, -0.2) is 4.79 Å². The first-order valence-electron chi connectivity index (χ1n) is 7.13. The lowest BCUT2D eigenvalue weighted by Crippen LogP contribution is -1.93. The van der Waals surface area contributed by atoms with Crippen LogP contribution < -0.4 is 0 Å². The van der Waals surface area contributed by atoms with E-state index < -0.39 is 5.97 Å². The van der Waals surface area contributed by atoms with E-state index in [2.05, 4.69) is 4.74 Å². The number of esters is 1. The second-order valence-electron chi connectivity index (χ2n) is 4.69. The number of carbonyl (C=O) groups is 2. The summed E-state index contributed by atoms with van der Waals surface area (Å²) in [6.07, 6.45) is 13.4. The largest absolute Gasteiger partial charge is 0.481 e. The Bertz CT molecular complexity index is 271. The van der Waals surface area contributed by atoms with Gasteiger partial charge < -0.3 is 9.84 Å². The first-order valence-corrected chi connectivity index (χ1v) is 7.13. The van der Waals surface area contributed by atoms with Gasteiger partial charge in [-0.2, -0.15) is 0 Å². The van der Waals surface area contributed by atoms with E-state index in [1.54, 1.807) is 0 Å². The highest BCUT2D eigenvalue weighted by atomic mass is 16.5. The molecule has 1 N–H and O–H groups in total. The van der Waals surface area contributed by atoms with Crippen molar-refractivity contribution in [1.82, 2.24) is 0 Å². The molecular formula is C15H26O4. The molecule has 0 saturated carbocycles. The molecule has 4 nitrogen and oxygen atoms in total. The molecule has 0 fully saturated rings. The molecule has 0 heterocycles. The summed E-state index contributed by atoms with van der Waals surface area (Å²) in [7, 11) is 1.38. The summed E-state index contributed by atoms with van der Waals surface area (Å²) in [6.45, 7) is 0. The molecule has 0 rings (SSSR count). The van der Waals surface area contributed by atoms with Gasteiger partial charge in [0.05, 0.1) is 7.11 Å². The van der Waals surface area contributed by atoms with E-state index in [4.69, 9.17) is 5.11 Å². The predicted octanol–water partition coefficient (Wildman–Crippen LogP) is 3.70. The highest BCUT2D eigenvalue weighted by Gasteiger charge is 1.96. The minimum Gasteiger partial charge on any atom is -0.481 e. The van der Waals surface area contributed by atoms with Gasteiger partial charge in [0.25, 0.3) is 0 Å². The minimum absolute atomic E-state index is 0.290. The summed E-state index contributed by atoms with van der Waals surface area (Å²) >= 11 is 0. The molecule has 0 amide bonds. The fraction of sp³-hybridized carbons (Fsp3) is 0.733. The van der Waals surface area contributed by atoms with Crippen LogP contribution in [0.15, 0.2) is 12.2 Å². The standard InChI is InChI=1S/C15H26O4/c1-19-15(18)13-11-9-7-5-3-2-4-6-8-10-12-14(16)17/h11,13H,2-10,12H2,1H3,(H,16,17). The SMILES string of the molecule is COC(=O)C=CCCCCCCCCCCC(=O)O. The first kappa shape index (κ1) is 17.7. The molecule has 0 unspecified atom stereocenters. The van der Waals surface area contributed by atoms with Crippen LogP contribution in [-0.2, 0) is 14.3 Å². The molecule has 0 aliphatic carbocycles. The molecule has 0 spiro atoms. The molecule has 19 heavy (non-hydrogen) atoms. The number of rotatable bonds is 12. The second-order valence-corrected chi connectivity index (χ2v) is 4.69. The Hall–Kier alpha value is -1.32. The van der Waals surface area contributed by atoms with Crippen LogP contribution in [0, 0.1) is 0 Å². The second kappa shape index (κ2) is 13.1. The lowest BCUT2D eigenvalue weighted by atomic mass is 10.1. The Kier molecular flexibility index (Phi) is 12.2. The van der Waals surface area contributed by atoms with Crippen molar-refractivity contribution in [3.63, 3.8) is 0 Å². The Morgan fingerprint density at radius 3 is 2.00 bits per heavy atom. The average Bonchev–Trinajstić information content (AvgIpc) is 2.39. The minimum atomic E-state index is -0.694. The van der Waals surface area contributed by atoms with Crippen molar-refractivity contribution in [2.24, 2.45) is 0 Å². The Morgan fingerprint density at radius 2 is 1.47 bits per heavy atom. The van der Waals surface area contributed by atoms with E-state index in [0.717, 1.165) is 32.1 Å². The number of hydrogen-bond acceptors (Lipinski definition) is 3. The van der Waals surface area contributed by atoms with E-state index in [1.807, 2.05) is 6.08 Å². The van der Waals surface area contributed by atoms with Crippen LogP contribution in [0.2, 0.25) is 0 Å². The third kappa shape index (κ3) is 14.6. The Labute approximate surface area is 115 Å². The number of carbonyl (C=O) groups excluding carboxylic acids is 1. The zero-order valence-electron chi connectivity index (χ0n) is 11.9. The summed E-state index contributed by atoms with van der Waals surface area (Å²) in [5, 5.41) is 8.47. The van der Waals surface area contributed by atoms with Crippen molar-refractivity contribution in [1.29, 1.82) is 0 Å². The van der Waals surface area contributed by atoms with E-state index in [9.17, 15) is 9.59 Å². The normalized spacial score (nSPS) is 10.8. The van der Waals surface area contributed by atoms with Crippen molar-refractivity contribution >= 4 is 11.9 Å². The Morgan fingerprint density at radius 1 is 0.947 bits per heavy atom. The number of aliphatic carboxylic acids is 1. The molecule has 0 aliphatic rings. The lowest BCUT2D eigenvalue weighted by molar-refractivity contribution is -0.137. The average molecular weight is 270 g/mol. The third-order valence-corrected chi connectivity index (χ3v) is 2.97. The molecule has 110 valence electrons. The molecule has 0 saturated heterocycles. The van der Waals surface area contributed by atoms with Crippen molar-refractivity contribution < 1.29 is 19.4 Å². The van der Waals surface area contributed by atoms with Crippen LogP contribution in [0.25, 0.3) is 0 Å². The molecule has 0 aromatic rings. The monoisotopic (exact) mass is 270 g/mol. The fourth-order valence-corrected chi connectivity index (χ4v) is 1.85. The molecular weight excluding hydrogens is 244 g/mol. The number of carboxylic acid groups (broad SMARTS) is 1. The zero-order chi connectivity index (χ0) is 14.3. The van der Waals surface area contributed by atoms with E-state index in [0.29, 0.717) is 6.42 Å². The molecule has 0 aliphatic heterocycles. The van der Waals surface area contributed by atoms with Crippen LogP contribution in [0.5, 0.6) is 0 Å². The van der Waals surface area contributed by atoms with Crippen molar-refractivity contribution in [3.05, 3.63) is 12.2 Å². The lowest BCUT2D eigenvalue weighted by Gasteiger charge is -2.00. The summed E-state index contributed by atoms with van der Waals surface area (Å²) in [5.41, 5.74) is 0. The quantitative estimate of drug-likeness (QED) is 0.333. The van der Waals surface area contributed by atoms with Crippen LogP contribution in [0.1, 0.15) is 64.2 Å². The zero-order valence-corrected chi connectivity index (χ0v) is 11.9. The van der Waals surface area contributed by atoms with Gasteiger partial charge in [0.1, 0.15) is 0 Å². The maximum Gasteiger partial charge on any atom is 0.330 e. The number of unbranched alkanes of at least 4 members (excludes halogenated alkanes) is 8. The van der Waals surface area contributed by atoms with Gasteiger partial charge in [-0.05, 0) is 19.3 Å². The molecule has 0 bridgehead atoms. The summed E-state index contributed by atoms with van der Waals surface area (Å²) in [4.78, 5) is 21.1. The third-order valence-electron chi connectivity index (χ3n) is 2.97. The van der Waals surface area contributed by atoms with Gasteiger partial charge in [0, 0.05) is 12.5 Å². The number of hydrogen-bond donors (Lipinski definition) is 1. The smallest absolute Gasteiger partial charge is 0.330 e. The molecule has 0 aromatic heterocycles. The van der Waals surface area contributed by atoms with Gasteiger partial charge in [-0.3, -0.25) is 4.79 Å². The van der Waals surface area contributed by atoms with E-state index >= 15 is 0 Å². The first-order chi connectivity index (χ1) is 9.16. The van der Waals surface area contributed by atoms with Crippen molar-refractivity contribution in [2.75, 3.05) is 7.11 Å². The highest BCUT2D eigenvalue weighted by Crippen LogP contribution is 2.10. The molecule has 0 atom stereocenters. The maximum atomic E-state index is 10.8.